The summed E-state index contributed by atoms with van der Waals surface area (Å²) in [5, 5.41) is 0. The first-order valence-corrected chi connectivity index (χ1v) is 5.22. The van der Waals surface area contributed by atoms with E-state index in [0.29, 0.717) is 6.42 Å². The third-order valence-corrected chi connectivity index (χ3v) is 2.48. The molecule has 82 valence electrons. The lowest BCUT2D eigenvalue weighted by Gasteiger charge is -2.14. The standard InChI is InChI=1S/C12H18N2O/c1-3-14(2)12(15)8-7-10-5-4-6-11(13)9-10/h4-6,9H,3,7-8,13H2,1-2H3. The molecule has 0 aliphatic heterocycles. The molecular formula is C12H18N2O. The molecule has 0 bridgehead atoms. The summed E-state index contributed by atoms with van der Waals surface area (Å²) >= 11 is 0. The lowest BCUT2D eigenvalue weighted by atomic mass is 10.1. The number of amides is 1. The fourth-order valence-corrected chi connectivity index (χ4v) is 1.37. The summed E-state index contributed by atoms with van der Waals surface area (Å²) in [5.74, 6) is 0.180. The maximum absolute atomic E-state index is 11.5. The van der Waals surface area contributed by atoms with Crippen molar-refractivity contribution in [3.05, 3.63) is 29.8 Å². The minimum atomic E-state index is 0.180. The zero-order chi connectivity index (χ0) is 11.3. The fourth-order valence-electron chi connectivity index (χ4n) is 1.37. The summed E-state index contributed by atoms with van der Waals surface area (Å²) in [7, 11) is 1.82. The monoisotopic (exact) mass is 206 g/mol. The zero-order valence-corrected chi connectivity index (χ0v) is 9.36. The molecular weight excluding hydrogens is 188 g/mol. The number of rotatable bonds is 4. The largest absolute Gasteiger partial charge is 0.399 e. The Labute approximate surface area is 90.9 Å². The summed E-state index contributed by atoms with van der Waals surface area (Å²) in [4.78, 5) is 13.3. The Morgan fingerprint density at radius 2 is 2.20 bits per heavy atom. The third-order valence-electron chi connectivity index (χ3n) is 2.48. The van der Waals surface area contributed by atoms with Crippen LogP contribution >= 0.6 is 0 Å². The molecule has 0 radical (unpaired) electrons. The summed E-state index contributed by atoms with van der Waals surface area (Å²) in [6.45, 7) is 2.73. The van der Waals surface area contributed by atoms with Crippen LogP contribution in [0.1, 0.15) is 18.9 Å². The number of nitrogens with zero attached hydrogens (tertiary/aromatic N) is 1. The van der Waals surface area contributed by atoms with E-state index in [2.05, 4.69) is 0 Å². The summed E-state index contributed by atoms with van der Waals surface area (Å²) < 4.78 is 0. The number of hydrogen-bond donors (Lipinski definition) is 1. The predicted molar refractivity (Wildman–Crippen MR) is 62.5 cm³/mol. The van der Waals surface area contributed by atoms with E-state index in [1.165, 1.54) is 0 Å². The highest BCUT2D eigenvalue weighted by Crippen LogP contribution is 2.09. The molecule has 0 heterocycles. The van der Waals surface area contributed by atoms with E-state index in [4.69, 9.17) is 5.73 Å². The Hall–Kier alpha value is -1.51. The van der Waals surface area contributed by atoms with Gasteiger partial charge in [-0.2, -0.15) is 0 Å². The van der Waals surface area contributed by atoms with Crippen molar-refractivity contribution < 1.29 is 4.79 Å². The van der Waals surface area contributed by atoms with Crippen LogP contribution in [0.3, 0.4) is 0 Å². The van der Waals surface area contributed by atoms with Gasteiger partial charge in [-0.1, -0.05) is 12.1 Å². The van der Waals surface area contributed by atoms with E-state index in [9.17, 15) is 4.79 Å². The number of nitrogen functional groups attached to an aromatic ring is 1. The minimum absolute atomic E-state index is 0.180. The molecule has 0 spiro atoms. The van der Waals surface area contributed by atoms with Crippen molar-refractivity contribution in [2.24, 2.45) is 0 Å². The molecule has 1 aromatic carbocycles. The Morgan fingerprint density at radius 3 is 2.80 bits per heavy atom. The second kappa shape index (κ2) is 5.39. The fraction of sp³-hybridized carbons (Fsp3) is 0.417. The van der Waals surface area contributed by atoms with Crippen LogP contribution in [-0.2, 0) is 11.2 Å². The van der Waals surface area contributed by atoms with Gasteiger partial charge in [-0.3, -0.25) is 4.79 Å². The summed E-state index contributed by atoms with van der Waals surface area (Å²) in [6.07, 6.45) is 1.31. The zero-order valence-electron chi connectivity index (χ0n) is 9.36. The van der Waals surface area contributed by atoms with E-state index in [1.807, 2.05) is 38.2 Å². The number of nitrogens with two attached hydrogens (primary N) is 1. The highest BCUT2D eigenvalue weighted by Gasteiger charge is 2.06. The van der Waals surface area contributed by atoms with Gasteiger partial charge in [0.2, 0.25) is 5.91 Å². The van der Waals surface area contributed by atoms with Crippen LogP contribution in [0.2, 0.25) is 0 Å². The first kappa shape index (κ1) is 11.6. The van der Waals surface area contributed by atoms with Crippen molar-refractivity contribution in [1.29, 1.82) is 0 Å². The Morgan fingerprint density at radius 1 is 1.47 bits per heavy atom. The molecule has 0 aliphatic rings. The molecule has 3 nitrogen and oxygen atoms in total. The SMILES string of the molecule is CCN(C)C(=O)CCc1cccc(N)c1. The molecule has 0 unspecified atom stereocenters. The Balaban J connectivity index is 2.47. The van der Waals surface area contributed by atoms with E-state index in [1.54, 1.807) is 4.90 Å². The third kappa shape index (κ3) is 3.62. The number of aryl methyl sites for hydroxylation is 1. The molecule has 15 heavy (non-hydrogen) atoms. The predicted octanol–water partition coefficient (Wildman–Crippen LogP) is 1.68. The van der Waals surface area contributed by atoms with Gasteiger partial charge in [-0.05, 0) is 31.0 Å². The van der Waals surface area contributed by atoms with Gasteiger partial charge in [0.15, 0.2) is 0 Å². The molecule has 0 saturated heterocycles. The van der Waals surface area contributed by atoms with Crippen molar-refractivity contribution in [1.82, 2.24) is 4.90 Å². The minimum Gasteiger partial charge on any atom is -0.399 e. The lowest BCUT2D eigenvalue weighted by molar-refractivity contribution is -0.129. The number of anilines is 1. The van der Waals surface area contributed by atoms with Crippen LogP contribution in [0.5, 0.6) is 0 Å². The first-order chi connectivity index (χ1) is 7.13. The van der Waals surface area contributed by atoms with Gasteiger partial charge in [-0.25, -0.2) is 0 Å². The quantitative estimate of drug-likeness (QED) is 0.762. The van der Waals surface area contributed by atoms with Gasteiger partial charge in [0.05, 0.1) is 0 Å². The van der Waals surface area contributed by atoms with E-state index in [0.717, 1.165) is 24.2 Å². The van der Waals surface area contributed by atoms with Crippen LogP contribution < -0.4 is 5.73 Å². The normalized spacial score (nSPS) is 10.0. The number of carbonyl (C=O) groups is 1. The average molecular weight is 206 g/mol. The van der Waals surface area contributed by atoms with E-state index < -0.39 is 0 Å². The summed E-state index contributed by atoms with van der Waals surface area (Å²) in [6, 6.07) is 7.68. The van der Waals surface area contributed by atoms with Crippen molar-refractivity contribution in [3.63, 3.8) is 0 Å². The van der Waals surface area contributed by atoms with E-state index >= 15 is 0 Å². The van der Waals surface area contributed by atoms with E-state index in [-0.39, 0.29) is 5.91 Å². The molecule has 0 atom stereocenters. The molecule has 1 aromatic rings. The van der Waals surface area contributed by atoms with Crippen LogP contribution in [-0.4, -0.2) is 24.4 Å². The molecule has 0 aliphatic carbocycles. The molecule has 1 rings (SSSR count). The van der Waals surface area contributed by atoms with Gasteiger partial charge in [-0.15, -0.1) is 0 Å². The smallest absolute Gasteiger partial charge is 0.222 e. The van der Waals surface area contributed by atoms with Gasteiger partial charge in [0.1, 0.15) is 0 Å². The second-order valence-corrected chi connectivity index (χ2v) is 3.65. The Kier molecular flexibility index (Phi) is 4.16. The molecule has 0 saturated carbocycles. The van der Waals surface area contributed by atoms with Crippen LogP contribution in [0.25, 0.3) is 0 Å². The van der Waals surface area contributed by atoms with Gasteiger partial charge in [0.25, 0.3) is 0 Å². The highest BCUT2D eigenvalue weighted by molar-refractivity contribution is 5.76. The van der Waals surface area contributed by atoms with Crippen LogP contribution in [0, 0.1) is 0 Å². The van der Waals surface area contributed by atoms with Crippen LogP contribution in [0.15, 0.2) is 24.3 Å². The molecule has 1 amide bonds. The van der Waals surface area contributed by atoms with Crippen molar-refractivity contribution in [3.8, 4) is 0 Å². The second-order valence-electron chi connectivity index (χ2n) is 3.65. The molecule has 0 aromatic heterocycles. The maximum atomic E-state index is 11.5. The molecule has 2 N–H and O–H groups in total. The van der Waals surface area contributed by atoms with Gasteiger partial charge < -0.3 is 10.6 Å². The number of carbonyl (C=O) groups excluding carboxylic acids is 1. The highest BCUT2D eigenvalue weighted by atomic mass is 16.2. The number of hydrogen-bond acceptors (Lipinski definition) is 2. The number of benzene rings is 1. The van der Waals surface area contributed by atoms with Gasteiger partial charge >= 0.3 is 0 Å². The average Bonchev–Trinajstić information content (AvgIpc) is 2.25. The van der Waals surface area contributed by atoms with Crippen LogP contribution in [0.4, 0.5) is 5.69 Å². The van der Waals surface area contributed by atoms with Crippen molar-refractivity contribution in [2.45, 2.75) is 19.8 Å². The lowest BCUT2D eigenvalue weighted by Crippen LogP contribution is -2.26. The first-order valence-electron chi connectivity index (χ1n) is 5.22. The van der Waals surface area contributed by atoms with Gasteiger partial charge in [0, 0.05) is 25.7 Å². The van der Waals surface area contributed by atoms with Crippen molar-refractivity contribution in [2.75, 3.05) is 19.3 Å². The maximum Gasteiger partial charge on any atom is 0.222 e. The Bertz CT molecular complexity index is 336. The molecule has 0 fully saturated rings. The summed E-state index contributed by atoms with van der Waals surface area (Å²) in [5.41, 5.74) is 7.53. The van der Waals surface area contributed by atoms with Crippen molar-refractivity contribution >= 4 is 11.6 Å². The molecule has 3 heteroatoms. The topological polar surface area (TPSA) is 46.3 Å².